The van der Waals surface area contributed by atoms with E-state index in [1.54, 1.807) is 27.9 Å². The van der Waals surface area contributed by atoms with E-state index in [2.05, 4.69) is 21.0 Å². The van der Waals surface area contributed by atoms with E-state index in [0.717, 1.165) is 10.5 Å². The first-order valence-electron chi connectivity index (χ1n) is 10.4. The third-order valence-electron chi connectivity index (χ3n) is 5.36. The number of halogens is 4. The van der Waals surface area contributed by atoms with Crippen LogP contribution in [0.2, 0.25) is 0 Å². The van der Waals surface area contributed by atoms with Gasteiger partial charge in [-0.2, -0.15) is 18.3 Å². The SMILES string of the molecule is O=C(c1ccn(COc2ccc(Br)cc2)n1)N1CCN(Cc2cccc(C(F)(F)F)c2)CC1. The van der Waals surface area contributed by atoms with Crippen molar-refractivity contribution in [1.82, 2.24) is 19.6 Å². The van der Waals surface area contributed by atoms with Gasteiger partial charge in [-0.15, -0.1) is 0 Å². The van der Waals surface area contributed by atoms with E-state index < -0.39 is 11.7 Å². The number of hydrogen-bond acceptors (Lipinski definition) is 4. The Kier molecular flexibility index (Phi) is 7.04. The minimum absolute atomic E-state index is 0.170. The molecule has 0 atom stereocenters. The average Bonchev–Trinajstić information content (AvgIpc) is 3.27. The van der Waals surface area contributed by atoms with E-state index in [-0.39, 0.29) is 12.6 Å². The topological polar surface area (TPSA) is 50.6 Å². The molecule has 2 aromatic carbocycles. The molecule has 3 aromatic rings. The fourth-order valence-electron chi connectivity index (χ4n) is 3.59. The monoisotopic (exact) mass is 522 g/mol. The number of carbonyl (C=O) groups is 1. The summed E-state index contributed by atoms with van der Waals surface area (Å²) in [6, 6.07) is 14.4. The smallest absolute Gasteiger partial charge is 0.416 e. The lowest BCUT2D eigenvalue weighted by atomic mass is 10.1. The Hall–Kier alpha value is -2.85. The molecule has 0 radical (unpaired) electrons. The van der Waals surface area contributed by atoms with Crippen LogP contribution in [0.25, 0.3) is 0 Å². The molecule has 0 saturated carbocycles. The van der Waals surface area contributed by atoms with Gasteiger partial charge in [-0.3, -0.25) is 9.69 Å². The summed E-state index contributed by atoms with van der Waals surface area (Å²) >= 11 is 3.37. The number of nitrogens with zero attached hydrogens (tertiary/aromatic N) is 4. The van der Waals surface area contributed by atoms with E-state index in [0.29, 0.717) is 49.7 Å². The van der Waals surface area contributed by atoms with E-state index in [1.165, 1.54) is 12.1 Å². The van der Waals surface area contributed by atoms with Gasteiger partial charge >= 0.3 is 6.18 Å². The van der Waals surface area contributed by atoms with Gasteiger partial charge in [0.05, 0.1) is 5.56 Å². The summed E-state index contributed by atoms with van der Waals surface area (Å²) in [5.74, 6) is 0.523. The molecular weight excluding hydrogens is 501 g/mol. The van der Waals surface area contributed by atoms with Gasteiger partial charge in [0.25, 0.3) is 5.91 Å². The summed E-state index contributed by atoms with van der Waals surface area (Å²) in [5.41, 5.74) is 0.295. The minimum Gasteiger partial charge on any atom is -0.471 e. The standard InChI is InChI=1S/C23H22BrF3N4O2/c24-19-4-6-20(7-5-19)33-16-31-9-8-21(28-31)22(32)30-12-10-29(11-13-30)15-17-2-1-3-18(14-17)23(25,26)27/h1-9,14H,10-13,15-16H2. The Morgan fingerprint density at radius 3 is 2.45 bits per heavy atom. The summed E-state index contributed by atoms with van der Waals surface area (Å²) in [7, 11) is 0. The van der Waals surface area contributed by atoms with E-state index in [1.807, 2.05) is 29.2 Å². The van der Waals surface area contributed by atoms with Crippen LogP contribution in [-0.2, 0) is 19.5 Å². The number of piperazine rings is 1. The molecular formula is C23H22BrF3N4O2. The van der Waals surface area contributed by atoms with Crippen LogP contribution < -0.4 is 4.74 Å². The van der Waals surface area contributed by atoms with Crippen molar-refractivity contribution in [3.63, 3.8) is 0 Å². The van der Waals surface area contributed by atoms with Crippen molar-refractivity contribution < 1.29 is 22.7 Å². The van der Waals surface area contributed by atoms with Crippen LogP contribution in [0.4, 0.5) is 13.2 Å². The van der Waals surface area contributed by atoms with Crippen molar-refractivity contribution >= 4 is 21.8 Å². The molecule has 4 rings (SSSR count). The van der Waals surface area contributed by atoms with Gasteiger partial charge in [-0.25, -0.2) is 4.68 Å². The number of ether oxygens (including phenoxy) is 1. The van der Waals surface area contributed by atoms with Crippen LogP contribution in [0.5, 0.6) is 5.75 Å². The maximum atomic E-state index is 12.9. The number of rotatable bonds is 6. The van der Waals surface area contributed by atoms with Crippen molar-refractivity contribution in [2.45, 2.75) is 19.5 Å². The predicted octanol–water partition coefficient (Wildman–Crippen LogP) is 4.66. The Balaban J connectivity index is 1.28. The fourth-order valence-corrected chi connectivity index (χ4v) is 3.86. The molecule has 6 nitrogen and oxygen atoms in total. The molecule has 1 aliphatic heterocycles. The van der Waals surface area contributed by atoms with Crippen LogP contribution in [0.3, 0.4) is 0 Å². The van der Waals surface area contributed by atoms with E-state index in [4.69, 9.17) is 4.74 Å². The first kappa shape index (κ1) is 23.3. The Bertz CT molecular complexity index is 1090. The van der Waals surface area contributed by atoms with Crippen molar-refractivity contribution in [3.8, 4) is 5.75 Å². The highest BCUT2D eigenvalue weighted by molar-refractivity contribution is 9.10. The normalized spacial score (nSPS) is 15.0. The summed E-state index contributed by atoms with van der Waals surface area (Å²) < 4.78 is 46.9. The molecule has 1 aliphatic rings. The first-order chi connectivity index (χ1) is 15.8. The minimum atomic E-state index is -4.35. The predicted molar refractivity (Wildman–Crippen MR) is 120 cm³/mol. The Morgan fingerprint density at radius 2 is 1.76 bits per heavy atom. The van der Waals surface area contributed by atoms with Crippen molar-refractivity contribution in [1.29, 1.82) is 0 Å². The number of hydrogen-bond donors (Lipinski definition) is 0. The number of benzene rings is 2. The zero-order valence-corrected chi connectivity index (χ0v) is 19.2. The van der Waals surface area contributed by atoms with Crippen molar-refractivity contribution in [3.05, 3.63) is 82.1 Å². The number of amides is 1. The Morgan fingerprint density at radius 1 is 1.03 bits per heavy atom. The molecule has 0 bridgehead atoms. The van der Waals surface area contributed by atoms with E-state index >= 15 is 0 Å². The number of alkyl halides is 3. The molecule has 10 heteroatoms. The van der Waals surface area contributed by atoms with Crippen LogP contribution in [0.15, 0.2) is 65.3 Å². The van der Waals surface area contributed by atoms with Gasteiger partial charge in [0.15, 0.2) is 12.4 Å². The molecule has 174 valence electrons. The molecule has 2 heterocycles. The zero-order valence-electron chi connectivity index (χ0n) is 17.6. The number of carbonyl (C=O) groups excluding carboxylic acids is 1. The molecule has 1 aromatic heterocycles. The van der Waals surface area contributed by atoms with Crippen LogP contribution in [-0.4, -0.2) is 51.7 Å². The van der Waals surface area contributed by atoms with Crippen LogP contribution in [0.1, 0.15) is 21.6 Å². The molecule has 0 aliphatic carbocycles. The van der Waals surface area contributed by atoms with Crippen molar-refractivity contribution in [2.24, 2.45) is 0 Å². The van der Waals surface area contributed by atoms with E-state index in [9.17, 15) is 18.0 Å². The second-order valence-corrected chi connectivity index (χ2v) is 8.65. The van der Waals surface area contributed by atoms with Crippen LogP contribution in [0, 0.1) is 0 Å². The van der Waals surface area contributed by atoms with Gasteiger partial charge in [0.2, 0.25) is 0 Å². The molecule has 1 amide bonds. The fraction of sp³-hybridized carbons (Fsp3) is 0.304. The quantitative estimate of drug-likeness (QED) is 0.472. The molecule has 0 N–H and O–H groups in total. The summed E-state index contributed by atoms with van der Waals surface area (Å²) in [6.45, 7) is 2.72. The average molecular weight is 523 g/mol. The summed E-state index contributed by atoms with van der Waals surface area (Å²) in [5, 5.41) is 4.31. The lowest BCUT2D eigenvalue weighted by molar-refractivity contribution is -0.137. The molecule has 0 spiro atoms. The van der Waals surface area contributed by atoms with Gasteiger partial charge in [0, 0.05) is 43.4 Å². The van der Waals surface area contributed by atoms with Gasteiger partial charge in [-0.05, 0) is 42.0 Å². The van der Waals surface area contributed by atoms with Gasteiger partial charge < -0.3 is 9.64 Å². The zero-order chi connectivity index (χ0) is 23.4. The largest absolute Gasteiger partial charge is 0.471 e. The molecule has 1 saturated heterocycles. The van der Waals surface area contributed by atoms with Gasteiger partial charge in [0.1, 0.15) is 5.75 Å². The molecule has 33 heavy (non-hydrogen) atoms. The summed E-state index contributed by atoms with van der Waals surface area (Å²) in [6.07, 6.45) is -2.66. The highest BCUT2D eigenvalue weighted by atomic mass is 79.9. The third kappa shape index (κ3) is 6.14. The van der Waals surface area contributed by atoms with Gasteiger partial charge in [-0.1, -0.05) is 34.1 Å². The van der Waals surface area contributed by atoms with Crippen LogP contribution >= 0.6 is 15.9 Å². The molecule has 0 unspecified atom stereocenters. The molecule has 1 fully saturated rings. The maximum absolute atomic E-state index is 12.9. The Labute approximate surface area is 197 Å². The second-order valence-electron chi connectivity index (χ2n) is 7.73. The summed E-state index contributed by atoms with van der Waals surface area (Å²) in [4.78, 5) is 16.6. The third-order valence-corrected chi connectivity index (χ3v) is 5.89. The lowest BCUT2D eigenvalue weighted by Crippen LogP contribution is -2.48. The highest BCUT2D eigenvalue weighted by Gasteiger charge is 2.30. The highest BCUT2D eigenvalue weighted by Crippen LogP contribution is 2.29. The first-order valence-corrected chi connectivity index (χ1v) is 11.2. The lowest BCUT2D eigenvalue weighted by Gasteiger charge is -2.34. The maximum Gasteiger partial charge on any atom is 0.416 e. The second kappa shape index (κ2) is 9.96. The number of aromatic nitrogens is 2. The van der Waals surface area contributed by atoms with Crippen molar-refractivity contribution in [2.75, 3.05) is 26.2 Å².